The molecular formula is C18H18Cl2N2O2. The number of halogens is 2. The average molecular weight is 365 g/mol. The van der Waals surface area contributed by atoms with Gasteiger partial charge in [0.05, 0.1) is 15.7 Å². The van der Waals surface area contributed by atoms with Crippen LogP contribution in [0.2, 0.25) is 10.0 Å². The van der Waals surface area contributed by atoms with Gasteiger partial charge < -0.3 is 10.2 Å². The largest absolute Gasteiger partial charge is 0.339 e. The lowest BCUT2D eigenvalue weighted by molar-refractivity contribution is 0.0772. The van der Waals surface area contributed by atoms with E-state index in [-0.39, 0.29) is 11.8 Å². The lowest BCUT2D eigenvalue weighted by Crippen LogP contribution is -2.30. The van der Waals surface area contributed by atoms with Gasteiger partial charge in [-0.05, 0) is 50.2 Å². The Morgan fingerprint density at radius 2 is 1.42 bits per heavy atom. The van der Waals surface area contributed by atoms with E-state index >= 15 is 0 Å². The van der Waals surface area contributed by atoms with Crippen LogP contribution in [-0.4, -0.2) is 29.8 Å². The van der Waals surface area contributed by atoms with Gasteiger partial charge in [-0.15, -0.1) is 0 Å². The van der Waals surface area contributed by atoms with E-state index in [0.29, 0.717) is 39.9 Å². The van der Waals surface area contributed by atoms with Crippen LogP contribution in [0.15, 0.2) is 42.5 Å². The van der Waals surface area contributed by atoms with Crippen LogP contribution in [0.25, 0.3) is 0 Å². The van der Waals surface area contributed by atoms with Gasteiger partial charge in [-0.1, -0.05) is 29.3 Å². The van der Waals surface area contributed by atoms with Crippen molar-refractivity contribution in [3.8, 4) is 0 Å². The zero-order valence-electron chi connectivity index (χ0n) is 13.5. The highest BCUT2D eigenvalue weighted by Crippen LogP contribution is 2.30. The van der Waals surface area contributed by atoms with Gasteiger partial charge in [-0.3, -0.25) is 9.59 Å². The van der Waals surface area contributed by atoms with Crippen LogP contribution in [0.4, 0.5) is 5.69 Å². The maximum Gasteiger partial charge on any atom is 0.255 e. The lowest BCUT2D eigenvalue weighted by Gasteiger charge is -2.18. The summed E-state index contributed by atoms with van der Waals surface area (Å²) >= 11 is 12.1. The molecule has 2 aromatic carbocycles. The van der Waals surface area contributed by atoms with E-state index in [1.54, 1.807) is 47.4 Å². The molecule has 0 aliphatic rings. The maximum absolute atomic E-state index is 12.3. The van der Waals surface area contributed by atoms with E-state index in [9.17, 15) is 9.59 Å². The Morgan fingerprint density at radius 1 is 0.917 bits per heavy atom. The SMILES string of the molecule is CCN(CC)C(=O)c1ccc(C(=O)Nc2c(Cl)cccc2Cl)cc1. The summed E-state index contributed by atoms with van der Waals surface area (Å²) in [5.74, 6) is -0.395. The summed E-state index contributed by atoms with van der Waals surface area (Å²) in [4.78, 5) is 26.3. The zero-order valence-corrected chi connectivity index (χ0v) is 15.0. The number of amides is 2. The minimum Gasteiger partial charge on any atom is -0.339 e. The second-order valence-electron chi connectivity index (χ2n) is 5.11. The second-order valence-corrected chi connectivity index (χ2v) is 5.92. The van der Waals surface area contributed by atoms with E-state index < -0.39 is 0 Å². The molecule has 0 bridgehead atoms. The molecule has 2 aromatic rings. The highest BCUT2D eigenvalue weighted by atomic mass is 35.5. The molecule has 0 radical (unpaired) electrons. The van der Waals surface area contributed by atoms with Gasteiger partial charge in [0.15, 0.2) is 0 Å². The summed E-state index contributed by atoms with van der Waals surface area (Å²) in [7, 11) is 0. The molecule has 0 aliphatic heterocycles. The molecule has 2 amide bonds. The highest BCUT2D eigenvalue weighted by Gasteiger charge is 2.15. The molecule has 0 saturated heterocycles. The first-order valence-corrected chi connectivity index (χ1v) is 8.38. The minimum absolute atomic E-state index is 0.0545. The number of para-hydroxylation sites is 1. The molecule has 0 heterocycles. The quantitative estimate of drug-likeness (QED) is 0.833. The number of carbonyl (C=O) groups is 2. The summed E-state index contributed by atoms with van der Waals surface area (Å²) in [6, 6.07) is 11.5. The Kier molecular flexibility index (Phi) is 6.23. The molecule has 0 atom stereocenters. The van der Waals surface area contributed by atoms with Crippen molar-refractivity contribution in [1.82, 2.24) is 4.90 Å². The van der Waals surface area contributed by atoms with Gasteiger partial charge in [0.2, 0.25) is 0 Å². The fourth-order valence-corrected chi connectivity index (χ4v) is 2.75. The standard InChI is InChI=1S/C18H18Cl2N2O2/c1-3-22(4-2)18(24)13-10-8-12(9-11-13)17(23)21-16-14(19)6-5-7-15(16)20/h5-11H,3-4H2,1-2H3,(H,21,23). The van der Waals surface area contributed by atoms with Crippen molar-refractivity contribution in [1.29, 1.82) is 0 Å². The van der Waals surface area contributed by atoms with Crippen LogP contribution in [0.5, 0.6) is 0 Å². The molecule has 126 valence electrons. The Bertz CT molecular complexity index is 721. The molecule has 24 heavy (non-hydrogen) atoms. The fourth-order valence-electron chi connectivity index (χ4n) is 2.26. The van der Waals surface area contributed by atoms with Crippen molar-refractivity contribution in [3.63, 3.8) is 0 Å². The van der Waals surface area contributed by atoms with Crippen molar-refractivity contribution in [2.75, 3.05) is 18.4 Å². The van der Waals surface area contributed by atoms with Crippen LogP contribution in [0, 0.1) is 0 Å². The summed E-state index contributed by atoms with van der Waals surface area (Å²) in [5.41, 5.74) is 1.34. The highest BCUT2D eigenvalue weighted by molar-refractivity contribution is 6.40. The molecule has 0 aliphatic carbocycles. The Balaban J connectivity index is 2.16. The fraction of sp³-hybridized carbons (Fsp3) is 0.222. The van der Waals surface area contributed by atoms with Crippen LogP contribution in [-0.2, 0) is 0 Å². The third-order valence-corrected chi connectivity index (χ3v) is 4.28. The number of carbonyl (C=O) groups excluding carboxylic acids is 2. The molecule has 0 aromatic heterocycles. The first kappa shape index (κ1) is 18.3. The first-order valence-electron chi connectivity index (χ1n) is 7.62. The van der Waals surface area contributed by atoms with Gasteiger partial charge in [-0.25, -0.2) is 0 Å². The van der Waals surface area contributed by atoms with E-state index in [2.05, 4.69) is 5.32 Å². The number of hydrogen-bond acceptors (Lipinski definition) is 2. The summed E-state index contributed by atoms with van der Waals surface area (Å²) in [5, 5.41) is 3.42. The van der Waals surface area contributed by atoms with E-state index in [4.69, 9.17) is 23.2 Å². The summed E-state index contributed by atoms with van der Waals surface area (Å²) < 4.78 is 0. The minimum atomic E-state index is -0.341. The normalized spacial score (nSPS) is 10.3. The van der Waals surface area contributed by atoms with Gasteiger partial charge in [0, 0.05) is 24.2 Å². The third kappa shape index (κ3) is 4.08. The van der Waals surface area contributed by atoms with Gasteiger partial charge in [0.1, 0.15) is 0 Å². The maximum atomic E-state index is 12.3. The monoisotopic (exact) mass is 364 g/mol. The van der Waals surface area contributed by atoms with Crippen molar-refractivity contribution in [3.05, 3.63) is 63.6 Å². The number of rotatable bonds is 5. The Hall–Kier alpha value is -2.04. The summed E-state index contributed by atoms with van der Waals surface area (Å²) in [6.07, 6.45) is 0. The Morgan fingerprint density at radius 3 is 1.92 bits per heavy atom. The zero-order chi connectivity index (χ0) is 17.7. The van der Waals surface area contributed by atoms with Crippen LogP contribution < -0.4 is 5.32 Å². The van der Waals surface area contributed by atoms with Crippen LogP contribution >= 0.6 is 23.2 Å². The van der Waals surface area contributed by atoms with E-state index in [0.717, 1.165) is 0 Å². The predicted molar refractivity (Wildman–Crippen MR) is 98.1 cm³/mol. The molecule has 1 N–H and O–H groups in total. The van der Waals surface area contributed by atoms with Gasteiger partial charge in [0.25, 0.3) is 11.8 Å². The molecule has 2 rings (SSSR count). The molecule has 0 spiro atoms. The lowest BCUT2D eigenvalue weighted by atomic mass is 10.1. The molecule has 0 saturated carbocycles. The van der Waals surface area contributed by atoms with E-state index in [1.807, 2.05) is 13.8 Å². The first-order chi connectivity index (χ1) is 11.5. The van der Waals surface area contributed by atoms with Gasteiger partial charge in [-0.2, -0.15) is 0 Å². The van der Waals surface area contributed by atoms with Crippen molar-refractivity contribution < 1.29 is 9.59 Å². The molecule has 4 nitrogen and oxygen atoms in total. The van der Waals surface area contributed by atoms with Crippen molar-refractivity contribution in [2.24, 2.45) is 0 Å². The number of hydrogen-bond donors (Lipinski definition) is 1. The number of anilines is 1. The molecule has 0 unspecified atom stereocenters. The topological polar surface area (TPSA) is 49.4 Å². The molecule has 0 fully saturated rings. The second kappa shape index (κ2) is 8.18. The third-order valence-electron chi connectivity index (χ3n) is 3.65. The number of nitrogens with zero attached hydrogens (tertiary/aromatic N) is 1. The van der Waals surface area contributed by atoms with Crippen LogP contribution in [0.1, 0.15) is 34.6 Å². The van der Waals surface area contributed by atoms with Crippen molar-refractivity contribution >= 4 is 40.7 Å². The van der Waals surface area contributed by atoms with Crippen LogP contribution in [0.3, 0.4) is 0 Å². The van der Waals surface area contributed by atoms with Gasteiger partial charge >= 0.3 is 0 Å². The predicted octanol–water partition coefficient (Wildman–Crippen LogP) is 4.73. The summed E-state index contributed by atoms with van der Waals surface area (Å²) in [6.45, 7) is 5.14. The van der Waals surface area contributed by atoms with E-state index in [1.165, 1.54) is 0 Å². The van der Waals surface area contributed by atoms with Crippen molar-refractivity contribution in [2.45, 2.75) is 13.8 Å². The number of nitrogens with one attached hydrogen (secondary N) is 1. The smallest absolute Gasteiger partial charge is 0.255 e. The molecule has 6 heteroatoms. The average Bonchev–Trinajstić information content (AvgIpc) is 2.59. The molecular weight excluding hydrogens is 347 g/mol. The Labute approximate surface area is 151 Å². The number of benzene rings is 2.